The van der Waals surface area contributed by atoms with E-state index in [0.717, 1.165) is 29.5 Å². The second kappa shape index (κ2) is 19.0. The first-order valence-corrected chi connectivity index (χ1v) is 12.5. The average molecular weight is 545 g/mol. The van der Waals surface area contributed by atoms with Crippen LogP contribution in [0.1, 0.15) is 63.1 Å². The maximum atomic E-state index is 11.1. The van der Waals surface area contributed by atoms with Gasteiger partial charge in [0.15, 0.2) is 0 Å². The van der Waals surface area contributed by atoms with Gasteiger partial charge < -0.3 is 28.7 Å². The minimum Gasteiger partial charge on any atom is -0.810 e. The molecule has 0 radical (unpaired) electrons. The second-order valence-corrected chi connectivity index (χ2v) is 11.3. The zero-order valence-corrected chi connectivity index (χ0v) is 31.0. The maximum absolute atomic E-state index is 11.1. The zero-order chi connectivity index (χ0) is 21.5. The van der Waals surface area contributed by atoms with Crippen LogP contribution in [0.2, 0.25) is 0 Å². The van der Waals surface area contributed by atoms with E-state index in [1.807, 2.05) is 25.1 Å². The number of hydrogen-bond acceptors (Lipinski definition) is 5. The minimum atomic E-state index is -5.41. The van der Waals surface area contributed by atoms with Crippen molar-refractivity contribution >= 4 is 21.3 Å². The van der Waals surface area contributed by atoms with Crippen LogP contribution in [0, 0.1) is 6.92 Å². The van der Waals surface area contributed by atoms with Crippen LogP contribution >= 0.6 is 15.2 Å². The zero-order valence-electron chi connectivity index (χ0n) is 19.9. The molecule has 0 aromatic heterocycles. The average Bonchev–Trinajstić information content (AvgIpc) is 2.50. The van der Waals surface area contributed by atoms with Gasteiger partial charge in [0.1, 0.15) is 7.60 Å². The molecule has 0 aliphatic rings. The van der Waals surface area contributed by atoms with Gasteiger partial charge in [-0.2, -0.15) is 0 Å². The van der Waals surface area contributed by atoms with Crippen molar-refractivity contribution in [2.45, 2.75) is 65.2 Å². The van der Waals surface area contributed by atoms with Crippen LogP contribution < -0.4 is 169 Å². The predicted molar refractivity (Wildman–Crippen MR) is 108 cm³/mol. The van der Waals surface area contributed by atoms with Crippen LogP contribution in [0.3, 0.4) is 0 Å². The van der Waals surface area contributed by atoms with Crippen molar-refractivity contribution in [2.24, 2.45) is 0 Å². The molecule has 0 aliphatic carbocycles. The van der Waals surface area contributed by atoms with E-state index in [1.54, 1.807) is 0 Å². The fraction of sp³-hybridized carbons (Fsp3) is 0.500. The first-order valence-electron chi connectivity index (χ1n) is 9.26. The third kappa shape index (κ3) is 17.1. The van der Waals surface area contributed by atoms with Crippen molar-refractivity contribution in [1.29, 1.82) is 0 Å². The summed E-state index contributed by atoms with van der Waals surface area (Å²) in [5.41, 5.74) is 5.59. The van der Waals surface area contributed by atoms with Gasteiger partial charge in [0, 0.05) is 0 Å². The van der Waals surface area contributed by atoms with Crippen molar-refractivity contribution < 1.29 is 183 Å². The summed E-state index contributed by atoms with van der Waals surface area (Å²) < 4.78 is 22.2. The summed E-state index contributed by atoms with van der Waals surface area (Å²) in [5.74, 6) is 0. The van der Waals surface area contributed by atoms with Gasteiger partial charge in [-0.05, 0) is 76.5 Å². The largest absolute Gasteiger partial charge is 1.00 e. The monoisotopic (exact) mass is 544 g/mol. The van der Waals surface area contributed by atoms with Crippen molar-refractivity contribution in [3.8, 4) is 0 Å². The van der Waals surface area contributed by atoms with Crippen LogP contribution in [0.5, 0.6) is 0 Å². The Hall–Kier alpha value is 3.91. The Morgan fingerprint density at radius 1 is 1.10 bits per heavy atom. The van der Waals surface area contributed by atoms with E-state index in [9.17, 15) is 23.8 Å². The Balaban J connectivity index is -0.00000261. The number of hydrogen-bond donors (Lipinski definition) is 1. The molecule has 2 unspecified atom stereocenters. The van der Waals surface area contributed by atoms with Gasteiger partial charge in [-0.25, -0.2) is 0 Å². The van der Waals surface area contributed by atoms with Crippen LogP contribution in [-0.4, -0.2) is 10.3 Å². The number of rotatable bonds is 10. The third-order valence-corrected chi connectivity index (χ3v) is 8.24. The number of benzene rings is 1. The maximum Gasteiger partial charge on any atom is 1.00 e. The Morgan fingerprint density at radius 3 is 2.13 bits per heavy atom. The van der Waals surface area contributed by atoms with Crippen LogP contribution in [-0.2, 0) is 15.6 Å². The normalized spacial score (nSPS) is 14.3. The number of allylic oxidation sites excluding steroid dienone is 3. The smallest absolute Gasteiger partial charge is 0.810 e. The minimum absolute atomic E-state index is 0. The van der Waals surface area contributed by atoms with Crippen molar-refractivity contribution in [3.05, 3.63) is 52.1 Å². The molecule has 6 nitrogen and oxygen atoms in total. The van der Waals surface area contributed by atoms with Crippen LogP contribution in [0.15, 0.2) is 35.4 Å². The first-order chi connectivity index (χ1) is 12.8. The molecule has 31 heavy (non-hydrogen) atoms. The van der Waals surface area contributed by atoms with Crippen molar-refractivity contribution in [1.82, 2.24) is 0 Å². The van der Waals surface area contributed by atoms with Gasteiger partial charge in [-0.1, -0.05) is 49.1 Å². The molecule has 2 atom stereocenters. The van der Waals surface area contributed by atoms with E-state index in [-0.39, 0.29) is 161 Å². The quantitative estimate of drug-likeness (QED) is 0.178. The number of aryl methyl sites for hydroxylation is 2. The molecule has 158 valence electrons. The molecule has 1 rings (SSSR count). The Morgan fingerprint density at radius 2 is 1.68 bits per heavy atom. The molecule has 0 aliphatic heterocycles. The molecule has 1 N–H and O–H groups in total. The Bertz CT molecular complexity index is 804. The van der Waals surface area contributed by atoms with Crippen LogP contribution in [0.4, 0.5) is 0 Å². The van der Waals surface area contributed by atoms with Gasteiger partial charge in [0.2, 0.25) is 0 Å². The van der Waals surface area contributed by atoms with Gasteiger partial charge in [-0.3, -0.25) is 0 Å². The molecule has 0 bridgehead atoms. The van der Waals surface area contributed by atoms with Gasteiger partial charge in [-0.15, -0.1) is 0 Å². The summed E-state index contributed by atoms with van der Waals surface area (Å²) in [7, 11) is -10.6. The fourth-order valence-electron chi connectivity index (χ4n) is 3.01. The Kier molecular flexibility index (Phi) is 24.2. The van der Waals surface area contributed by atoms with E-state index >= 15 is 0 Å². The first kappa shape index (κ1) is 39.4. The fourth-order valence-corrected chi connectivity index (χ4v) is 5.45. The molecule has 0 amide bonds. The summed E-state index contributed by atoms with van der Waals surface area (Å²) in [6.07, 6.45) is 6.49. The molecule has 1 aromatic rings. The van der Waals surface area contributed by atoms with Gasteiger partial charge >= 0.3 is 154 Å². The molecular weight excluding hydrogens is 515 g/mol. The van der Waals surface area contributed by atoms with E-state index in [1.165, 1.54) is 11.1 Å². The predicted octanol–water partition coefficient (Wildman–Crippen LogP) is -5.74. The Labute approximate surface area is 314 Å². The molecule has 0 saturated heterocycles. The molecular formula is C20H29K3O6P2. The molecule has 0 fully saturated rings. The van der Waals surface area contributed by atoms with E-state index in [2.05, 4.69) is 32.9 Å². The summed E-state index contributed by atoms with van der Waals surface area (Å²) in [4.78, 5) is 42.3. The van der Waals surface area contributed by atoms with Crippen LogP contribution in [0.25, 0.3) is 6.08 Å². The summed E-state index contributed by atoms with van der Waals surface area (Å²) in [5, 5.41) is -2.26. The standard InChI is InChI=1S/C20H32O6P2.3K/c1-15(2)7-5-8-16(3)13-18-11-12-19(17(4)14-18)9-6-10-20(27(21,22)23)28(24,25)26;;;/h7,11-14,20H,5-6,8-10H2,1-4H3,(H2,21,22,23)(H2,24,25,26);;;/q;3*+1/p-3/b16-13+;;;. The molecule has 0 spiro atoms. The summed E-state index contributed by atoms with van der Waals surface area (Å²) >= 11 is 0. The second-order valence-electron chi connectivity index (χ2n) is 7.47. The van der Waals surface area contributed by atoms with E-state index in [0.29, 0.717) is 6.42 Å². The molecule has 0 saturated carbocycles. The third-order valence-electron chi connectivity index (χ3n) is 4.52. The topological polar surface area (TPSA) is 124 Å². The van der Waals surface area contributed by atoms with Crippen molar-refractivity contribution in [3.63, 3.8) is 0 Å². The SMILES string of the molecule is CC(C)=CCC/C(C)=C/c1ccc(CCCC(P(=O)([O-])[O-])P(=O)([O-])O)c(C)c1.[K+].[K+].[K+]. The van der Waals surface area contributed by atoms with E-state index in [4.69, 9.17) is 4.89 Å². The van der Waals surface area contributed by atoms with Gasteiger partial charge in [0.25, 0.3) is 0 Å². The van der Waals surface area contributed by atoms with Gasteiger partial charge in [0.05, 0.1) is 5.40 Å². The van der Waals surface area contributed by atoms with Crippen molar-refractivity contribution in [2.75, 3.05) is 0 Å². The molecule has 11 heteroatoms. The summed E-state index contributed by atoms with van der Waals surface area (Å²) in [6, 6.07) is 5.90. The van der Waals surface area contributed by atoms with E-state index < -0.39 is 27.0 Å². The molecule has 1 aromatic carbocycles. The summed E-state index contributed by atoms with van der Waals surface area (Å²) in [6.45, 7) is 8.17. The molecule has 0 heterocycles.